The fourth-order valence-corrected chi connectivity index (χ4v) is 3.30. The van der Waals surface area contributed by atoms with Gasteiger partial charge in [0.25, 0.3) is 10.0 Å². The molecule has 0 unspecified atom stereocenters. The number of nitrogens with one attached hydrogen (secondary N) is 2. The van der Waals surface area contributed by atoms with Crippen LogP contribution in [0.15, 0.2) is 47.2 Å². The fourth-order valence-electron chi connectivity index (χ4n) is 2.42. The van der Waals surface area contributed by atoms with E-state index in [0.717, 1.165) is 0 Å². The molecule has 1 aliphatic heterocycles. The highest BCUT2D eigenvalue weighted by molar-refractivity contribution is 7.90. The normalized spacial score (nSPS) is 17.8. The average Bonchev–Trinajstić information content (AvgIpc) is 3.00. The first kappa shape index (κ1) is 19.9. The molecule has 0 saturated heterocycles. The molecule has 1 aliphatic rings. The van der Waals surface area contributed by atoms with Crippen molar-refractivity contribution in [2.24, 2.45) is 0 Å². The molecule has 8 nitrogen and oxygen atoms in total. The summed E-state index contributed by atoms with van der Waals surface area (Å²) >= 11 is 0. The first-order chi connectivity index (χ1) is 12.2. The van der Waals surface area contributed by atoms with Crippen LogP contribution in [-0.2, 0) is 21.3 Å². The minimum Gasteiger partial charge on any atom is -0.370 e. The van der Waals surface area contributed by atoms with E-state index in [1.165, 1.54) is 6.07 Å². The molecule has 0 radical (unpaired) electrons. The molecule has 2 amide bonds. The van der Waals surface area contributed by atoms with Gasteiger partial charge in [0.05, 0.1) is 24.9 Å². The first-order valence-electron chi connectivity index (χ1n) is 8.25. The van der Waals surface area contributed by atoms with Crippen LogP contribution in [0.4, 0.5) is 4.79 Å². The minimum absolute atomic E-state index is 0.213. The summed E-state index contributed by atoms with van der Waals surface area (Å²) in [5.41, 5.74) is 1.73. The lowest BCUT2D eigenvalue weighted by molar-refractivity contribution is 0.0287. The van der Waals surface area contributed by atoms with E-state index in [-0.39, 0.29) is 11.1 Å². The molecule has 1 aromatic rings. The van der Waals surface area contributed by atoms with Crippen molar-refractivity contribution in [1.29, 1.82) is 0 Å². The Bertz CT molecular complexity index is 852. The van der Waals surface area contributed by atoms with Gasteiger partial charge in [0.15, 0.2) is 5.03 Å². The molecule has 0 spiro atoms. The zero-order chi connectivity index (χ0) is 19.3. The van der Waals surface area contributed by atoms with Crippen LogP contribution >= 0.6 is 0 Å². The van der Waals surface area contributed by atoms with Crippen molar-refractivity contribution in [3.8, 4) is 0 Å². The zero-order valence-corrected chi connectivity index (χ0v) is 16.0. The number of carbonyl (C=O) groups excluding carboxylic acids is 1. The number of nitrogens with zero attached hydrogens (tertiary/aromatic N) is 2. The van der Waals surface area contributed by atoms with Crippen LogP contribution in [0.5, 0.6) is 0 Å². The van der Waals surface area contributed by atoms with Crippen LogP contribution < -0.4 is 10.0 Å². The van der Waals surface area contributed by atoms with E-state index >= 15 is 0 Å². The van der Waals surface area contributed by atoms with Gasteiger partial charge in [0.1, 0.15) is 0 Å². The second-order valence-corrected chi connectivity index (χ2v) is 7.54. The van der Waals surface area contributed by atoms with Crippen molar-refractivity contribution in [1.82, 2.24) is 19.8 Å². The fraction of sp³-hybridized carbons (Fsp3) is 0.412. The number of aromatic nitrogens is 2. The highest BCUT2D eigenvalue weighted by atomic mass is 32.2. The maximum atomic E-state index is 12.4. The highest BCUT2D eigenvalue weighted by Crippen LogP contribution is 2.23. The number of rotatable bonds is 6. The summed E-state index contributed by atoms with van der Waals surface area (Å²) in [5, 5.41) is 6.36. The Morgan fingerprint density at radius 1 is 1.54 bits per heavy atom. The van der Waals surface area contributed by atoms with Gasteiger partial charge in [0, 0.05) is 11.8 Å². The molecular formula is C17H24N4O4S. The van der Waals surface area contributed by atoms with Gasteiger partial charge in [-0.1, -0.05) is 24.8 Å². The van der Waals surface area contributed by atoms with Gasteiger partial charge >= 0.3 is 6.03 Å². The molecule has 1 atom stereocenters. The van der Waals surface area contributed by atoms with Gasteiger partial charge in [0.2, 0.25) is 0 Å². The number of fused-ring (bicyclic) bond motifs is 1. The Morgan fingerprint density at radius 2 is 2.27 bits per heavy atom. The summed E-state index contributed by atoms with van der Waals surface area (Å²) in [6.07, 6.45) is 5.87. The number of hydrogen-bond donors (Lipinski definition) is 2. The standard InChI is InChI=1S/C17H24N4O4S/c1-5-6-7-8-14(12(2)3)18-17(22)20-26(23,24)16-11-15-13(4)25-10-9-21(15)19-16/h5-6,8,11,13H,2,7,9-10H2,1,3-4H3,(H2,18,20,22)/b6-5-,14-8-/t13-/m0/s1. The molecule has 142 valence electrons. The number of hydrogen-bond acceptors (Lipinski definition) is 5. The van der Waals surface area contributed by atoms with Crippen molar-refractivity contribution in [2.45, 2.75) is 44.9 Å². The predicted molar refractivity (Wildman–Crippen MR) is 97.8 cm³/mol. The van der Waals surface area contributed by atoms with Crippen LogP contribution in [0.25, 0.3) is 0 Å². The Kier molecular flexibility index (Phi) is 6.38. The van der Waals surface area contributed by atoms with Gasteiger partial charge < -0.3 is 10.1 Å². The van der Waals surface area contributed by atoms with Crippen LogP contribution in [0.2, 0.25) is 0 Å². The van der Waals surface area contributed by atoms with Gasteiger partial charge in [-0.25, -0.2) is 9.52 Å². The minimum atomic E-state index is -4.09. The van der Waals surface area contributed by atoms with Gasteiger partial charge in [-0.3, -0.25) is 4.68 Å². The lowest BCUT2D eigenvalue weighted by atomic mass is 10.2. The van der Waals surface area contributed by atoms with Crippen molar-refractivity contribution in [3.63, 3.8) is 0 Å². The van der Waals surface area contributed by atoms with Crippen molar-refractivity contribution >= 4 is 16.1 Å². The largest absolute Gasteiger partial charge is 0.370 e. The van der Waals surface area contributed by atoms with Crippen LogP contribution in [0.3, 0.4) is 0 Å². The van der Waals surface area contributed by atoms with Crippen LogP contribution in [0.1, 0.15) is 39.0 Å². The summed E-state index contributed by atoms with van der Waals surface area (Å²) in [5.74, 6) is 0. The molecule has 2 N–H and O–H groups in total. The monoisotopic (exact) mass is 380 g/mol. The zero-order valence-electron chi connectivity index (χ0n) is 15.2. The Labute approximate surface area is 153 Å². The van der Waals surface area contributed by atoms with E-state index in [9.17, 15) is 13.2 Å². The number of allylic oxidation sites excluding steroid dienone is 4. The summed E-state index contributed by atoms with van der Waals surface area (Å²) in [4.78, 5) is 12.1. The lowest BCUT2D eigenvalue weighted by Gasteiger charge is -2.20. The predicted octanol–water partition coefficient (Wildman–Crippen LogP) is 2.39. The van der Waals surface area contributed by atoms with Crippen molar-refractivity contribution < 1.29 is 17.9 Å². The lowest BCUT2D eigenvalue weighted by Crippen LogP contribution is -2.39. The molecule has 0 bridgehead atoms. The third-order valence-corrected chi connectivity index (χ3v) is 4.98. The third kappa shape index (κ3) is 4.83. The van der Waals surface area contributed by atoms with Crippen LogP contribution in [0, 0.1) is 0 Å². The van der Waals surface area contributed by atoms with Gasteiger partial charge in [-0.15, -0.1) is 0 Å². The van der Waals surface area contributed by atoms with Crippen LogP contribution in [-0.4, -0.2) is 30.8 Å². The summed E-state index contributed by atoms with van der Waals surface area (Å²) in [6, 6.07) is 0.552. The van der Waals surface area contributed by atoms with Gasteiger partial charge in [-0.2, -0.15) is 13.5 Å². The molecule has 9 heteroatoms. The third-order valence-electron chi connectivity index (χ3n) is 3.78. The summed E-state index contributed by atoms with van der Waals surface area (Å²) in [6.45, 7) is 10.1. The second kappa shape index (κ2) is 8.33. The number of carbonyl (C=O) groups is 1. The topological polar surface area (TPSA) is 102 Å². The Balaban J connectivity index is 2.12. The number of amides is 2. The molecule has 0 aliphatic carbocycles. The molecule has 2 rings (SSSR count). The summed E-state index contributed by atoms with van der Waals surface area (Å²) in [7, 11) is -4.09. The maximum Gasteiger partial charge on any atom is 0.333 e. The number of urea groups is 1. The average molecular weight is 380 g/mol. The molecule has 26 heavy (non-hydrogen) atoms. The quantitative estimate of drug-likeness (QED) is 0.583. The highest BCUT2D eigenvalue weighted by Gasteiger charge is 2.27. The molecule has 0 fully saturated rings. The SMILES string of the molecule is C=C(C)/C(=C/C/C=C\C)NC(=O)NS(=O)(=O)c1cc2n(n1)CCO[C@H]2C. The van der Waals surface area contributed by atoms with E-state index in [4.69, 9.17) is 4.74 Å². The molecule has 2 heterocycles. The smallest absolute Gasteiger partial charge is 0.333 e. The number of ether oxygens (including phenoxy) is 1. The summed E-state index contributed by atoms with van der Waals surface area (Å²) < 4.78 is 33.9. The van der Waals surface area contributed by atoms with E-state index < -0.39 is 16.1 Å². The number of sulfonamides is 1. The van der Waals surface area contributed by atoms with E-state index in [1.807, 2.05) is 30.7 Å². The first-order valence-corrected chi connectivity index (χ1v) is 9.73. The molecule has 1 aromatic heterocycles. The van der Waals surface area contributed by atoms with Crippen molar-refractivity contribution in [3.05, 3.63) is 47.8 Å². The molecule has 0 aromatic carbocycles. The Hall–Kier alpha value is -2.39. The van der Waals surface area contributed by atoms with Gasteiger partial charge in [-0.05, 0) is 32.8 Å². The second-order valence-electron chi connectivity index (χ2n) is 5.91. The molecule has 0 saturated carbocycles. The van der Waals surface area contributed by atoms with E-state index in [2.05, 4.69) is 17.0 Å². The van der Waals surface area contributed by atoms with E-state index in [1.54, 1.807) is 17.7 Å². The molecular weight excluding hydrogens is 356 g/mol. The van der Waals surface area contributed by atoms with Crippen molar-refractivity contribution in [2.75, 3.05) is 6.61 Å². The Morgan fingerprint density at radius 3 is 2.88 bits per heavy atom. The van der Waals surface area contributed by atoms with E-state index in [0.29, 0.717) is 36.5 Å². The maximum absolute atomic E-state index is 12.4.